The van der Waals surface area contributed by atoms with Crippen LogP contribution in [0.15, 0.2) is 65.0 Å². The number of hydrogen-bond donors (Lipinski definition) is 1. The Labute approximate surface area is 170 Å². The van der Waals surface area contributed by atoms with Crippen LogP contribution in [0.25, 0.3) is 5.70 Å². The standard InChI is InChI=1S/C20H20N2O3S.C2H6/c1-15(20(24)25-14-23)17-10-6-7-11-18(17)22-13-26-12-19(21-2)16-8-4-3-5-9-16;1-2/h3-15,21H,1-2H3;1-2H3/b19-12-,22-13?;. The van der Waals surface area contributed by atoms with E-state index in [1.54, 1.807) is 18.5 Å². The predicted octanol–water partition coefficient (Wildman–Crippen LogP) is 5.13. The Morgan fingerprint density at radius 3 is 2.39 bits per heavy atom. The van der Waals surface area contributed by atoms with Crippen LogP contribution in [0.2, 0.25) is 0 Å². The Kier molecular flexibility index (Phi) is 11.0. The lowest BCUT2D eigenvalue weighted by Crippen LogP contribution is -2.12. The van der Waals surface area contributed by atoms with Gasteiger partial charge < -0.3 is 10.1 Å². The second-order valence-electron chi connectivity index (χ2n) is 5.33. The van der Waals surface area contributed by atoms with Crippen molar-refractivity contribution in [3.8, 4) is 0 Å². The van der Waals surface area contributed by atoms with Crippen molar-refractivity contribution in [2.24, 2.45) is 4.99 Å². The van der Waals surface area contributed by atoms with Gasteiger partial charge in [0.25, 0.3) is 0 Å². The van der Waals surface area contributed by atoms with Crippen LogP contribution in [0.4, 0.5) is 5.69 Å². The molecule has 6 heteroatoms. The van der Waals surface area contributed by atoms with Crippen molar-refractivity contribution in [3.63, 3.8) is 0 Å². The monoisotopic (exact) mass is 398 g/mol. The van der Waals surface area contributed by atoms with E-state index in [1.807, 2.05) is 74.8 Å². The van der Waals surface area contributed by atoms with Gasteiger partial charge in [-0.1, -0.05) is 74.1 Å². The Morgan fingerprint density at radius 2 is 1.75 bits per heavy atom. The number of carbonyl (C=O) groups excluding carboxylic acids is 2. The normalized spacial score (nSPS) is 11.9. The summed E-state index contributed by atoms with van der Waals surface area (Å²) in [6, 6.07) is 17.3. The molecule has 28 heavy (non-hydrogen) atoms. The van der Waals surface area contributed by atoms with Gasteiger partial charge in [-0.05, 0) is 24.1 Å². The zero-order valence-electron chi connectivity index (χ0n) is 16.6. The molecule has 0 bridgehead atoms. The van der Waals surface area contributed by atoms with Crippen molar-refractivity contribution in [2.45, 2.75) is 26.7 Å². The number of rotatable bonds is 8. The fourth-order valence-electron chi connectivity index (χ4n) is 2.32. The van der Waals surface area contributed by atoms with E-state index >= 15 is 0 Å². The van der Waals surface area contributed by atoms with Gasteiger partial charge in [0.05, 0.1) is 17.2 Å². The van der Waals surface area contributed by atoms with Crippen LogP contribution in [0.3, 0.4) is 0 Å². The Morgan fingerprint density at radius 1 is 1.11 bits per heavy atom. The molecule has 0 aliphatic heterocycles. The van der Waals surface area contributed by atoms with Gasteiger partial charge in [-0.15, -0.1) is 0 Å². The number of nitrogens with one attached hydrogen (secondary N) is 1. The van der Waals surface area contributed by atoms with Crippen molar-refractivity contribution in [1.82, 2.24) is 5.32 Å². The van der Waals surface area contributed by atoms with Crippen molar-refractivity contribution < 1.29 is 14.3 Å². The average Bonchev–Trinajstić information content (AvgIpc) is 2.76. The van der Waals surface area contributed by atoms with Gasteiger partial charge in [0.15, 0.2) is 0 Å². The average molecular weight is 399 g/mol. The molecule has 0 radical (unpaired) electrons. The van der Waals surface area contributed by atoms with E-state index in [0.717, 1.165) is 11.3 Å². The molecule has 0 aliphatic rings. The molecule has 0 amide bonds. The number of hydrogen-bond acceptors (Lipinski definition) is 6. The van der Waals surface area contributed by atoms with Crippen LogP contribution in [0.5, 0.6) is 0 Å². The molecule has 0 fully saturated rings. The molecule has 0 aliphatic carbocycles. The van der Waals surface area contributed by atoms with Crippen LogP contribution in [-0.2, 0) is 14.3 Å². The van der Waals surface area contributed by atoms with E-state index in [2.05, 4.69) is 15.0 Å². The molecule has 0 aromatic heterocycles. The predicted molar refractivity (Wildman–Crippen MR) is 118 cm³/mol. The highest BCUT2D eigenvalue weighted by atomic mass is 32.2. The summed E-state index contributed by atoms with van der Waals surface area (Å²) in [5.41, 5.74) is 5.14. The molecule has 2 aromatic rings. The first-order valence-electron chi connectivity index (χ1n) is 9.01. The maximum atomic E-state index is 11.8. The molecule has 0 saturated heterocycles. The summed E-state index contributed by atoms with van der Waals surface area (Å²) in [5.74, 6) is -1.18. The van der Waals surface area contributed by atoms with E-state index in [4.69, 9.17) is 0 Å². The molecule has 1 N–H and O–H groups in total. The third-order valence-electron chi connectivity index (χ3n) is 3.71. The van der Waals surface area contributed by atoms with Crippen molar-refractivity contribution in [1.29, 1.82) is 0 Å². The van der Waals surface area contributed by atoms with Gasteiger partial charge in [0, 0.05) is 18.2 Å². The van der Waals surface area contributed by atoms with Crippen LogP contribution >= 0.6 is 11.8 Å². The lowest BCUT2D eigenvalue weighted by molar-refractivity contribution is -0.152. The molecule has 2 aromatic carbocycles. The van der Waals surface area contributed by atoms with Gasteiger partial charge in [-0.25, -0.2) is 4.99 Å². The zero-order chi connectivity index (χ0) is 20.8. The van der Waals surface area contributed by atoms with Gasteiger partial charge in [-0.3, -0.25) is 9.59 Å². The van der Waals surface area contributed by atoms with Gasteiger partial charge in [0.1, 0.15) is 0 Å². The van der Waals surface area contributed by atoms with E-state index in [9.17, 15) is 9.59 Å². The van der Waals surface area contributed by atoms with Crippen molar-refractivity contribution in [3.05, 3.63) is 71.1 Å². The first-order valence-corrected chi connectivity index (χ1v) is 9.96. The summed E-state index contributed by atoms with van der Waals surface area (Å²) in [7, 11) is 1.87. The molecule has 0 saturated carbocycles. The first-order chi connectivity index (χ1) is 13.7. The van der Waals surface area contributed by atoms with Crippen molar-refractivity contribution >= 4 is 41.1 Å². The summed E-state index contributed by atoms with van der Waals surface area (Å²) in [5, 5.41) is 5.12. The quantitative estimate of drug-likeness (QED) is 0.220. The van der Waals surface area contributed by atoms with E-state index in [-0.39, 0.29) is 6.47 Å². The smallest absolute Gasteiger partial charge is 0.320 e. The second-order valence-corrected chi connectivity index (χ2v) is 6.05. The number of benzene rings is 2. The van der Waals surface area contributed by atoms with Gasteiger partial charge >= 0.3 is 12.4 Å². The van der Waals surface area contributed by atoms with Crippen LogP contribution in [0.1, 0.15) is 37.8 Å². The highest BCUT2D eigenvalue weighted by Crippen LogP contribution is 2.28. The highest BCUT2D eigenvalue weighted by Gasteiger charge is 2.19. The number of carbonyl (C=O) groups is 2. The molecule has 0 spiro atoms. The molecule has 2 rings (SSSR count). The SMILES string of the molecule is CC.CN/C(=C\SC=Nc1ccccc1C(C)C(=O)OC=O)c1ccccc1. The largest absolute Gasteiger partial charge is 0.395 e. The number of thioether (sulfide) groups is 1. The number of aliphatic imine (C=N–C) groups is 1. The molecule has 0 heterocycles. The van der Waals surface area contributed by atoms with Crippen LogP contribution in [0, 0.1) is 0 Å². The third kappa shape index (κ3) is 7.04. The fraction of sp³-hybridized carbons (Fsp3) is 0.227. The molecule has 1 atom stereocenters. The van der Waals surface area contributed by atoms with Gasteiger partial charge in [0.2, 0.25) is 0 Å². The lowest BCUT2D eigenvalue weighted by atomic mass is 10.00. The van der Waals surface area contributed by atoms with Crippen molar-refractivity contribution in [2.75, 3.05) is 7.05 Å². The number of ether oxygens (including phenoxy) is 1. The minimum atomic E-state index is -0.600. The summed E-state index contributed by atoms with van der Waals surface area (Å²) in [6.07, 6.45) is 0. The second kappa shape index (κ2) is 13.3. The molecular weight excluding hydrogens is 372 g/mol. The van der Waals surface area contributed by atoms with E-state index in [0.29, 0.717) is 11.3 Å². The number of esters is 1. The summed E-state index contributed by atoms with van der Waals surface area (Å²) >= 11 is 1.43. The summed E-state index contributed by atoms with van der Waals surface area (Å²) < 4.78 is 4.44. The minimum absolute atomic E-state index is 0.147. The highest BCUT2D eigenvalue weighted by molar-refractivity contribution is 8.14. The number of nitrogens with zero attached hydrogens (tertiary/aromatic N) is 1. The minimum Gasteiger partial charge on any atom is -0.395 e. The van der Waals surface area contributed by atoms with E-state index in [1.165, 1.54) is 11.8 Å². The molecule has 5 nitrogen and oxygen atoms in total. The maximum Gasteiger partial charge on any atom is 0.320 e. The molecular formula is C22H26N2O3S. The zero-order valence-corrected chi connectivity index (χ0v) is 17.4. The van der Waals surface area contributed by atoms with E-state index < -0.39 is 11.9 Å². The fourth-order valence-corrected chi connectivity index (χ4v) is 2.95. The molecule has 1 unspecified atom stereocenters. The molecule has 148 valence electrons. The van der Waals surface area contributed by atoms with Gasteiger partial charge in [-0.2, -0.15) is 0 Å². The lowest BCUT2D eigenvalue weighted by Gasteiger charge is -2.11. The number of para-hydroxylation sites is 1. The summed E-state index contributed by atoms with van der Waals surface area (Å²) in [4.78, 5) is 26.6. The summed E-state index contributed by atoms with van der Waals surface area (Å²) in [6.45, 7) is 5.83. The van der Waals surface area contributed by atoms with Crippen LogP contribution < -0.4 is 5.32 Å². The topological polar surface area (TPSA) is 67.8 Å². The Balaban J connectivity index is 0.00000190. The third-order valence-corrected chi connectivity index (χ3v) is 4.31. The Hall–Kier alpha value is -2.86. The Bertz CT molecular complexity index is 804. The maximum absolute atomic E-state index is 11.8. The first kappa shape index (κ1) is 23.2. The van der Waals surface area contributed by atoms with Crippen LogP contribution in [-0.4, -0.2) is 25.0 Å².